The van der Waals surface area contributed by atoms with Crippen LogP contribution in [-0.2, 0) is 9.59 Å². The van der Waals surface area contributed by atoms with Crippen molar-refractivity contribution in [3.05, 3.63) is 54.1 Å². The van der Waals surface area contributed by atoms with Gasteiger partial charge in [-0.05, 0) is 37.1 Å². The van der Waals surface area contributed by atoms with E-state index in [2.05, 4.69) is 5.32 Å². The topological polar surface area (TPSA) is 111 Å². The van der Waals surface area contributed by atoms with Gasteiger partial charge in [-0.2, -0.15) is 0 Å². The maximum Gasteiger partial charge on any atom is 0.255 e. The van der Waals surface area contributed by atoms with Crippen LogP contribution in [0.25, 0.3) is 0 Å². The van der Waals surface area contributed by atoms with Gasteiger partial charge in [-0.1, -0.05) is 31.0 Å². The van der Waals surface area contributed by atoms with E-state index in [4.69, 9.17) is 15.2 Å². The minimum absolute atomic E-state index is 0.331. The minimum atomic E-state index is -1.16. The Balaban J connectivity index is 1.64. The summed E-state index contributed by atoms with van der Waals surface area (Å²) in [6, 6.07) is 13.8. The third-order valence-electron chi connectivity index (χ3n) is 5.75. The molecule has 0 bridgehead atoms. The molecule has 162 valence electrons. The molecule has 0 aromatic heterocycles. The second kappa shape index (κ2) is 8.67. The van der Waals surface area contributed by atoms with Crippen molar-refractivity contribution in [2.75, 3.05) is 25.1 Å². The molecule has 0 spiro atoms. The molecule has 31 heavy (non-hydrogen) atoms. The number of nitrogens with two attached hydrogens (primary N) is 1. The van der Waals surface area contributed by atoms with E-state index in [9.17, 15) is 14.4 Å². The molecule has 4 rings (SSSR count). The molecular weight excluding hydrogens is 398 g/mol. The van der Waals surface area contributed by atoms with Gasteiger partial charge in [-0.15, -0.1) is 0 Å². The lowest BCUT2D eigenvalue weighted by Crippen LogP contribution is -2.59. The first kappa shape index (κ1) is 20.7. The number of hydrogen-bond donors (Lipinski definition) is 2. The highest BCUT2D eigenvalue weighted by atomic mass is 16.6. The van der Waals surface area contributed by atoms with Crippen LogP contribution in [-0.4, -0.2) is 47.9 Å². The Kier molecular flexibility index (Phi) is 5.79. The molecule has 8 nitrogen and oxygen atoms in total. The Hall–Kier alpha value is -3.55. The molecule has 0 atom stereocenters. The summed E-state index contributed by atoms with van der Waals surface area (Å²) in [5.41, 5.74) is 5.25. The average Bonchev–Trinajstić information content (AvgIpc) is 3.28. The molecule has 1 heterocycles. The number of nitrogens with zero attached hydrogens (tertiary/aromatic N) is 1. The summed E-state index contributed by atoms with van der Waals surface area (Å²) in [6.07, 6.45) is 2.45. The van der Waals surface area contributed by atoms with E-state index in [0.29, 0.717) is 48.8 Å². The first-order valence-electron chi connectivity index (χ1n) is 10.4. The first-order valence-corrected chi connectivity index (χ1v) is 10.4. The normalized spacial score (nSPS) is 16.4. The average molecular weight is 423 g/mol. The number of hydrogen-bond acceptors (Lipinski definition) is 5. The Morgan fingerprint density at radius 1 is 0.968 bits per heavy atom. The van der Waals surface area contributed by atoms with Crippen molar-refractivity contribution in [2.45, 2.75) is 31.2 Å². The quantitative estimate of drug-likeness (QED) is 0.741. The summed E-state index contributed by atoms with van der Waals surface area (Å²) < 4.78 is 11.1. The van der Waals surface area contributed by atoms with E-state index in [1.807, 2.05) is 0 Å². The van der Waals surface area contributed by atoms with Crippen LogP contribution in [0.1, 0.15) is 36.0 Å². The van der Waals surface area contributed by atoms with Gasteiger partial charge >= 0.3 is 0 Å². The van der Waals surface area contributed by atoms with Crippen LogP contribution in [0, 0.1) is 0 Å². The van der Waals surface area contributed by atoms with Crippen LogP contribution in [0.3, 0.4) is 0 Å². The summed E-state index contributed by atoms with van der Waals surface area (Å²) in [7, 11) is 0. The summed E-state index contributed by atoms with van der Waals surface area (Å²) in [5, 5.41) is 2.91. The molecule has 1 saturated carbocycles. The fourth-order valence-electron chi connectivity index (χ4n) is 4.26. The predicted molar refractivity (Wildman–Crippen MR) is 114 cm³/mol. The van der Waals surface area contributed by atoms with Crippen molar-refractivity contribution in [2.24, 2.45) is 5.73 Å². The number of carbonyl (C=O) groups excluding carboxylic acids is 3. The van der Waals surface area contributed by atoms with Gasteiger partial charge in [0.15, 0.2) is 11.5 Å². The van der Waals surface area contributed by atoms with Gasteiger partial charge in [-0.3, -0.25) is 14.4 Å². The standard InChI is InChI=1S/C23H25N3O5/c24-20(27)15-26(21(28)16-6-2-1-3-7-16)23(10-4-5-11-23)22(29)25-17-8-9-18-19(14-17)31-13-12-30-18/h1-3,6-9,14H,4-5,10-13,15H2,(H2,24,27)(H,25,29). The molecule has 2 aromatic rings. The molecule has 1 fully saturated rings. The number of carbonyl (C=O) groups is 3. The number of amides is 3. The van der Waals surface area contributed by atoms with E-state index in [0.717, 1.165) is 12.8 Å². The number of rotatable bonds is 6. The SMILES string of the molecule is NC(=O)CN(C(=O)c1ccccc1)C1(C(=O)Nc2ccc3c(c2)OCCO3)CCCC1. The zero-order chi connectivity index (χ0) is 21.8. The van der Waals surface area contributed by atoms with Crippen LogP contribution < -0.4 is 20.5 Å². The lowest BCUT2D eigenvalue weighted by Gasteiger charge is -2.39. The molecule has 2 aliphatic rings. The van der Waals surface area contributed by atoms with Crippen molar-refractivity contribution >= 4 is 23.4 Å². The van der Waals surface area contributed by atoms with Crippen LogP contribution >= 0.6 is 0 Å². The molecule has 1 aliphatic carbocycles. The fourth-order valence-corrected chi connectivity index (χ4v) is 4.26. The van der Waals surface area contributed by atoms with Gasteiger partial charge in [-0.25, -0.2) is 0 Å². The molecule has 1 aliphatic heterocycles. The highest BCUT2D eigenvalue weighted by molar-refractivity contribution is 6.05. The smallest absolute Gasteiger partial charge is 0.255 e. The third-order valence-corrected chi connectivity index (χ3v) is 5.75. The summed E-state index contributed by atoms with van der Waals surface area (Å²) in [5.74, 6) is -0.221. The second-order valence-electron chi connectivity index (χ2n) is 7.77. The van der Waals surface area contributed by atoms with Crippen molar-refractivity contribution < 1.29 is 23.9 Å². The summed E-state index contributed by atoms with van der Waals surface area (Å²) >= 11 is 0. The van der Waals surface area contributed by atoms with Gasteiger partial charge in [0, 0.05) is 17.3 Å². The molecule has 8 heteroatoms. The van der Waals surface area contributed by atoms with E-state index in [1.54, 1.807) is 48.5 Å². The van der Waals surface area contributed by atoms with E-state index < -0.39 is 17.4 Å². The second-order valence-corrected chi connectivity index (χ2v) is 7.77. The molecule has 3 amide bonds. The Morgan fingerprint density at radius 3 is 2.32 bits per heavy atom. The van der Waals surface area contributed by atoms with Crippen molar-refractivity contribution in [1.29, 1.82) is 0 Å². The van der Waals surface area contributed by atoms with Crippen LogP contribution in [0.4, 0.5) is 5.69 Å². The van der Waals surface area contributed by atoms with Gasteiger partial charge in [0.25, 0.3) is 5.91 Å². The highest BCUT2D eigenvalue weighted by Gasteiger charge is 2.49. The predicted octanol–water partition coefficient (Wildman–Crippen LogP) is 2.34. The van der Waals surface area contributed by atoms with Gasteiger partial charge in [0.1, 0.15) is 25.3 Å². The maximum atomic E-state index is 13.5. The Labute approximate surface area is 180 Å². The monoisotopic (exact) mass is 423 g/mol. The number of primary amides is 1. The lowest BCUT2D eigenvalue weighted by molar-refractivity contribution is -0.128. The summed E-state index contributed by atoms with van der Waals surface area (Å²) in [6.45, 7) is 0.583. The van der Waals surface area contributed by atoms with Crippen LogP contribution in [0.2, 0.25) is 0 Å². The minimum Gasteiger partial charge on any atom is -0.486 e. The van der Waals surface area contributed by atoms with Crippen molar-refractivity contribution in [3.63, 3.8) is 0 Å². The number of fused-ring (bicyclic) bond motifs is 1. The zero-order valence-electron chi connectivity index (χ0n) is 17.1. The van der Waals surface area contributed by atoms with Crippen LogP contribution in [0.5, 0.6) is 11.5 Å². The third kappa shape index (κ3) is 4.19. The molecule has 3 N–H and O–H groups in total. The lowest BCUT2D eigenvalue weighted by atomic mass is 9.92. The van der Waals surface area contributed by atoms with Crippen molar-refractivity contribution in [3.8, 4) is 11.5 Å². The maximum absolute atomic E-state index is 13.5. The van der Waals surface area contributed by atoms with E-state index in [-0.39, 0.29) is 12.5 Å². The first-order chi connectivity index (χ1) is 15.0. The number of anilines is 1. The number of benzene rings is 2. The van der Waals surface area contributed by atoms with Crippen LogP contribution in [0.15, 0.2) is 48.5 Å². The molecule has 2 aromatic carbocycles. The molecular formula is C23H25N3O5. The Bertz CT molecular complexity index is 986. The molecule has 0 radical (unpaired) electrons. The molecule has 0 saturated heterocycles. The fraction of sp³-hybridized carbons (Fsp3) is 0.348. The van der Waals surface area contributed by atoms with E-state index >= 15 is 0 Å². The van der Waals surface area contributed by atoms with Crippen molar-refractivity contribution in [1.82, 2.24) is 4.90 Å². The number of nitrogens with one attached hydrogen (secondary N) is 1. The van der Waals surface area contributed by atoms with Gasteiger partial charge in [0.2, 0.25) is 11.8 Å². The Morgan fingerprint density at radius 2 is 1.65 bits per heavy atom. The zero-order valence-corrected chi connectivity index (χ0v) is 17.1. The van der Waals surface area contributed by atoms with E-state index in [1.165, 1.54) is 4.90 Å². The number of ether oxygens (including phenoxy) is 2. The van der Waals surface area contributed by atoms with Gasteiger partial charge in [0.05, 0.1) is 0 Å². The summed E-state index contributed by atoms with van der Waals surface area (Å²) in [4.78, 5) is 40.0. The van der Waals surface area contributed by atoms with Gasteiger partial charge < -0.3 is 25.4 Å². The molecule has 0 unspecified atom stereocenters. The largest absolute Gasteiger partial charge is 0.486 e. The highest BCUT2D eigenvalue weighted by Crippen LogP contribution is 2.38.